The van der Waals surface area contributed by atoms with Gasteiger partial charge in [-0.15, -0.1) is 0 Å². The van der Waals surface area contributed by atoms with E-state index < -0.39 is 0 Å². The van der Waals surface area contributed by atoms with E-state index in [-0.39, 0.29) is 0 Å². The molecule has 98 valence electrons. The molecule has 0 aliphatic heterocycles. The van der Waals surface area contributed by atoms with Gasteiger partial charge in [0.15, 0.2) is 0 Å². The van der Waals surface area contributed by atoms with E-state index in [0.29, 0.717) is 6.04 Å². The molecule has 18 heavy (non-hydrogen) atoms. The van der Waals surface area contributed by atoms with Gasteiger partial charge >= 0.3 is 0 Å². The second kappa shape index (κ2) is 6.39. The van der Waals surface area contributed by atoms with Crippen molar-refractivity contribution in [3.8, 4) is 0 Å². The number of hydrogen-bond donors (Lipinski definition) is 1. The fourth-order valence-corrected chi connectivity index (χ4v) is 1.99. The summed E-state index contributed by atoms with van der Waals surface area (Å²) in [7, 11) is 0. The van der Waals surface area contributed by atoms with Crippen molar-refractivity contribution < 1.29 is 0 Å². The molecule has 2 nitrogen and oxygen atoms in total. The number of aliphatic imine (C=N–C) groups is 1. The average molecular weight is 244 g/mol. The summed E-state index contributed by atoms with van der Waals surface area (Å²) in [6.07, 6.45) is 2.89. The SMILES string of the molecule is C=Cc1ccc(C(=C(C)C)/C(C)=N\C(C)CC)[nH]1. The normalized spacial score (nSPS) is 13.3. The van der Waals surface area contributed by atoms with Gasteiger partial charge in [0.1, 0.15) is 0 Å². The van der Waals surface area contributed by atoms with Crippen LogP contribution >= 0.6 is 0 Å². The molecule has 1 rings (SSSR count). The molecule has 1 unspecified atom stereocenters. The Morgan fingerprint density at radius 2 is 2.06 bits per heavy atom. The molecule has 0 amide bonds. The highest BCUT2D eigenvalue weighted by Crippen LogP contribution is 2.21. The lowest BCUT2D eigenvalue weighted by Gasteiger charge is -2.11. The van der Waals surface area contributed by atoms with E-state index in [9.17, 15) is 0 Å². The van der Waals surface area contributed by atoms with Crippen molar-refractivity contribution in [1.29, 1.82) is 0 Å². The smallest absolute Gasteiger partial charge is 0.0476 e. The van der Waals surface area contributed by atoms with Gasteiger partial charge in [0.2, 0.25) is 0 Å². The molecule has 1 aromatic rings. The molecule has 2 heteroatoms. The van der Waals surface area contributed by atoms with Gasteiger partial charge in [0.05, 0.1) is 0 Å². The molecule has 0 saturated heterocycles. The zero-order valence-electron chi connectivity index (χ0n) is 12.2. The molecule has 1 aromatic heterocycles. The predicted octanol–water partition coefficient (Wildman–Crippen LogP) is 4.71. The Hall–Kier alpha value is -1.57. The summed E-state index contributed by atoms with van der Waals surface area (Å²) < 4.78 is 0. The average Bonchev–Trinajstić information content (AvgIpc) is 2.76. The predicted molar refractivity (Wildman–Crippen MR) is 82.0 cm³/mol. The number of rotatable bonds is 5. The van der Waals surface area contributed by atoms with Gasteiger partial charge in [0, 0.05) is 28.7 Å². The Kier molecular flexibility index (Phi) is 5.14. The van der Waals surface area contributed by atoms with Crippen molar-refractivity contribution in [2.24, 2.45) is 4.99 Å². The summed E-state index contributed by atoms with van der Waals surface area (Å²) in [5.41, 5.74) is 5.75. The summed E-state index contributed by atoms with van der Waals surface area (Å²) in [5, 5.41) is 0. The fourth-order valence-electron chi connectivity index (χ4n) is 1.99. The zero-order valence-corrected chi connectivity index (χ0v) is 12.2. The number of H-pyrrole nitrogens is 1. The summed E-state index contributed by atoms with van der Waals surface area (Å²) in [4.78, 5) is 8.10. The molecular weight excluding hydrogens is 220 g/mol. The molecule has 0 fully saturated rings. The maximum atomic E-state index is 4.74. The van der Waals surface area contributed by atoms with Crippen LogP contribution in [0.4, 0.5) is 0 Å². The van der Waals surface area contributed by atoms with Crippen molar-refractivity contribution >= 4 is 17.4 Å². The lowest BCUT2D eigenvalue weighted by atomic mass is 10.0. The second-order valence-corrected chi connectivity index (χ2v) is 4.88. The van der Waals surface area contributed by atoms with Crippen molar-refractivity contribution in [2.45, 2.75) is 47.1 Å². The van der Waals surface area contributed by atoms with E-state index in [2.05, 4.69) is 52.2 Å². The lowest BCUT2D eigenvalue weighted by Crippen LogP contribution is -2.05. The molecule has 0 radical (unpaired) electrons. The summed E-state index contributed by atoms with van der Waals surface area (Å²) in [6, 6.07) is 4.50. The molecule has 0 aliphatic carbocycles. The third kappa shape index (κ3) is 3.46. The van der Waals surface area contributed by atoms with Gasteiger partial charge in [-0.05, 0) is 52.3 Å². The second-order valence-electron chi connectivity index (χ2n) is 4.88. The molecule has 1 heterocycles. The Bertz CT molecular complexity index is 471. The van der Waals surface area contributed by atoms with E-state index in [0.717, 1.165) is 23.5 Å². The van der Waals surface area contributed by atoms with Gasteiger partial charge in [-0.2, -0.15) is 0 Å². The number of nitrogens with zero attached hydrogens (tertiary/aromatic N) is 1. The highest BCUT2D eigenvalue weighted by Gasteiger charge is 2.10. The maximum absolute atomic E-state index is 4.74. The van der Waals surface area contributed by atoms with Gasteiger partial charge in [-0.25, -0.2) is 0 Å². The van der Waals surface area contributed by atoms with Crippen LogP contribution in [0.2, 0.25) is 0 Å². The van der Waals surface area contributed by atoms with Crippen molar-refractivity contribution in [2.75, 3.05) is 0 Å². The summed E-state index contributed by atoms with van der Waals surface area (Å²) in [6.45, 7) is 14.4. The Morgan fingerprint density at radius 3 is 2.50 bits per heavy atom. The largest absolute Gasteiger partial charge is 0.355 e. The first kappa shape index (κ1) is 14.5. The number of aromatic nitrogens is 1. The third-order valence-corrected chi connectivity index (χ3v) is 3.06. The lowest BCUT2D eigenvalue weighted by molar-refractivity contribution is 0.717. The number of nitrogens with one attached hydrogen (secondary N) is 1. The molecule has 0 saturated carbocycles. The van der Waals surface area contributed by atoms with E-state index in [4.69, 9.17) is 4.99 Å². The molecule has 0 spiro atoms. The van der Waals surface area contributed by atoms with Crippen LogP contribution in [0.25, 0.3) is 11.6 Å². The van der Waals surface area contributed by atoms with Crippen LogP contribution in [0.3, 0.4) is 0 Å². The Labute approximate surface area is 111 Å². The topological polar surface area (TPSA) is 28.1 Å². The fraction of sp³-hybridized carbons (Fsp3) is 0.438. The van der Waals surface area contributed by atoms with Crippen molar-refractivity contribution in [1.82, 2.24) is 4.98 Å². The minimum atomic E-state index is 0.369. The van der Waals surface area contributed by atoms with Crippen LogP contribution < -0.4 is 0 Å². The molecule has 0 aliphatic rings. The van der Waals surface area contributed by atoms with E-state index >= 15 is 0 Å². The molecule has 0 bridgehead atoms. The van der Waals surface area contributed by atoms with Gasteiger partial charge < -0.3 is 4.98 Å². The first-order chi connectivity index (χ1) is 8.49. The first-order valence-corrected chi connectivity index (χ1v) is 6.53. The van der Waals surface area contributed by atoms with Crippen LogP contribution in [-0.4, -0.2) is 16.7 Å². The molecule has 1 atom stereocenters. The highest BCUT2D eigenvalue weighted by molar-refractivity contribution is 6.23. The first-order valence-electron chi connectivity index (χ1n) is 6.53. The van der Waals surface area contributed by atoms with Crippen LogP contribution in [-0.2, 0) is 0 Å². The minimum Gasteiger partial charge on any atom is -0.355 e. The molecule has 0 aromatic carbocycles. The minimum absolute atomic E-state index is 0.369. The Balaban J connectivity index is 3.16. The summed E-state index contributed by atoms with van der Waals surface area (Å²) in [5.74, 6) is 0. The highest BCUT2D eigenvalue weighted by atomic mass is 14.8. The Morgan fingerprint density at radius 1 is 1.39 bits per heavy atom. The van der Waals surface area contributed by atoms with Gasteiger partial charge in [-0.1, -0.05) is 19.1 Å². The summed E-state index contributed by atoms with van der Waals surface area (Å²) >= 11 is 0. The van der Waals surface area contributed by atoms with Crippen LogP contribution in [0.1, 0.15) is 52.4 Å². The molecule has 1 N–H and O–H groups in total. The van der Waals surface area contributed by atoms with Crippen molar-refractivity contribution in [3.63, 3.8) is 0 Å². The van der Waals surface area contributed by atoms with Crippen LogP contribution in [0.5, 0.6) is 0 Å². The standard InChI is InChI=1S/C16H24N2/c1-7-12(5)17-13(6)16(11(3)4)15-10-9-14(8-2)18-15/h8-10,12,18H,2,7H2,1,3-6H3/b17-13-. The van der Waals surface area contributed by atoms with E-state index in [1.165, 1.54) is 11.1 Å². The maximum Gasteiger partial charge on any atom is 0.0476 e. The third-order valence-electron chi connectivity index (χ3n) is 3.06. The van der Waals surface area contributed by atoms with E-state index in [1.54, 1.807) is 0 Å². The number of hydrogen-bond acceptors (Lipinski definition) is 1. The van der Waals surface area contributed by atoms with Crippen molar-refractivity contribution in [3.05, 3.63) is 35.7 Å². The molecular formula is C16H24N2. The van der Waals surface area contributed by atoms with Crippen LogP contribution in [0, 0.1) is 0 Å². The quantitative estimate of drug-likeness (QED) is 0.727. The van der Waals surface area contributed by atoms with Gasteiger partial charge in [-0.3, -0.25) is 4.99 Å². The number of aromatic amines is 1. The zero-order chi connectivity index (χ0) is 13.7. The monoisotopic (exact) mass is 244 g/mol. The van der Waals surface area contributed by atoms with Gasteiger partial charge in [0.25, 0.3) is 0 Å². The van der Waals surface area contributed by atoms with E-state index in [1.807, 2.05) is 12.1 Å². The van der Waals surface area contributed by atoms with Crippen LogP contribution in [0.15, 0.2) is 29.3 Å². The number of allylic oxidation sites excluding steroid dienone is 2.